The summed E-state index contributed by atoms with van der Waals surface area (Å²) in [6.07, 6.45) is 6.05. The molecular formula is C20H21FN4O. The van der Waals surface area contributed by atoms with E-state index in [4.69, 9.17) is 0 Å². The van der Waals surface area contributed by atoms with Crippen molar-refractivity contribution in [1.29, 1.82) is 0 Å². The average molecular weight is 352 g/mol. The number of halogens is 1. The lowest BCUT2D eigenvalue weighted by molar-refractivity contribution is 0.213. The van der Waals surface area contributed by atoms with E-state index in [1.54, 1.807) is 18.5 Å². The number of fused-ring (bicyclic) bond motifs is 1. The number of benzene rings is 1. The predicted octanol–water partition coefficient (Wildman–Crippen LogP) is 4.11. The van der Waals surface area contributed by atoms with E-state index in [0.29, 0.717) is 23.5 Å². The Morgan fingerprint density at radius 2 is 1.92 bits per heavy atom. The molecule has 3 aromatic rings. The molecule has 1 aliphatic carbocycles. The summed E-state index contributed by atoms with van der Waals surface area (Å²) in [6, 6.07) is 8.89. The number of anilines is 1. The Labute approximate surface area is 151 Å². The van der Waals surface area contributed by atoms with Crippen LogP contribution in [0.25, 0.3) is 22.0 Å². The second kappa shape index (κ2) is 6.86. The fourth-order valence-corrected chi connectivity index (χ4v) is 3.66. The number of phenolic OH excluding ortho intramolecular Hbond substituents is 1. The molecule has 1 saturated carbocycles. The minimum atomic E-state index is -0.827. The fraction of sp³-hybridized carbons (Fsp3) is 0.350. The number of phenols is 1. The van der Waals surface area contributed by atoms with Gasteiger partial charge in [-0.1, -0.05) is 12.8 Å². The van der Waals surface area contributed by atoms with Crippen LogP contribution in [0, 0.1) is 0 Å². The molecule has 1 N–H and O–H groups in total. The van der Waals surface area contributed by atoms with Gasteiger partial charge < -0.3 is 10.0 Å². The van der Waals surface area contributed by atoms with Crippen LogP contribution in [0.4, 0.5) is 10.2 Å². The molecule has 0 amide bonds. The number of pyridine rings is 1. The van der Waals surface area contributed by atoms with Gasteiger partial charge in [0.2, 0.25) is 0 Å². The van der Waals surface area contributed by atoms with Crippen molar-refractivity contribution >= 4 is 16.6 Å². The minimum absolute atomic E-state index is 0.148. The van der Waals surface area contributed by atoms with Crippen LogP contribution in [0.5, 0.6) is 5.75 Å². The van der Waals surface area contributed by atoms with Gasteiger partial charge in [0.15, 0.2) is 5.82 Å². The van der Waals surface area contributed by atoms with Gasteiger partial charge in [-0.15, -0.1) is 10.2 Å². The van der Waals surface area contributed by atoms with Gasteiger partial charge in [0.05, 0.1) is 11.7 Å². The van der Waals surface area contributed by atoms with Crippen molar-refractivity contribution in [2.45, 2.75) is 37.9 Å². The maximum atomic E-state index is 14.2. The molecule has 0 spiro atoms. The van der Waals surface area contributed by atoms with Crippen LogP contribution in [0.15, 0.2) is 42.7 Å². The van der Waals surface area contributed by atoms with Gasteiger partial charge >= 0.3 is 0 Å². The van der Waals surface area contributed by atoms with E-state index in [0.717, 1.165) is 30.0 Å². The molecule has 5 nitrogen and oxygen atoms in total. The van der Waals surface area contributed by atoms with Crippen molar-refractivity contribution < 1.29 is 9.50 Å². The molecule has 6 heteroatoms. The Morgan fingerprint density at radius 1 is 1.08 bits per heavy atom. The minimum Gasteiger partial charge on any atom is -0.507 e. The maximum absolute atomic E-state index is 14.2. The first kappa shape index (κ1) is 16.7. The van der Waals surface area contributed by atoms with Crippen molar-refractivity contribution in [2.75, 3.05) is 11.9 Å². The molecular weight excluding hydrogens is 331 g/mol. The zero-order valence-corrected chi connectivity index (χ0v) is 14.6. The molecule has 26 heavy (non-hydrogen) atoms. The summed E-state index contributed by atoms with van der Waals surface area (Å²) >= 11 is 0. The van der Waals surface area contributed by atoms with Gasteiger partial charge in [-0.2, -0.15) is 0 Å². The van der Waals surface area contributed by atoms with Gasteiger partial charge in [0, 0.05) is 30.4 Å². The van der Waals surface area contributed by atoms with Gasteiger partial charge in [0.25, 0.3) is 0 Å². The summed E-state index contributed by atoms with van der Waals surface area (Å²) in [5.41, 5.74) is 1.18. The lowest BCUT2D eigenvalue weighted by Gasteiger charge is -2.34. The molecule has 1 fully saturated rings. The first-order chi connectivity index (χ1) is 12.6. The van der Waals surface area contributed by atoms with Crippen LogP contribution in [0.3, 0.4) is 0 Å². The smallest absolute Gasteiger partial charge is 0.151 e. The normalized spacial score (nSPS) is 20.2. The molecule has 0 aliphatic heterocycles. The number of aromatic hydroxyl groups is 1. The molecule has 2 aromatic heterocycles. The Bertz CT molecular complexity index is 915. The Morgan fingerprint density at radius 3 is 2.69 bits per heavy atom. The van der Waals surface area contributed by atoms with Gasteiger partial charge in [-0.05, 0) is 48.6 Å². The molecule has 1 aromatic carbocycles. The van der Waals surface area contributed by atoms with Crippen LogP contribution < -0.4 is 4.90 Å². The number of aromatic nitrogens is 3. The molecule has 2 heterocycles. The number of nitrogens with zero attached hydrogens (tertiary/aromatic N) is 4. The summed E-state index contributed by atoms with van der Waals surface area (Å²) in [5.74, 6) is 0.792. The zero-order chi connectivity index (χ0) is 18.1. The van der Waals surface area contributed by atoms with E-state index in [1.807, 2.05) is 36.2 Å². The maximum Gasteiger partial charge on any atom is 0.151 e. The number of hydrogen-bond acceptors (Lipinski definition) is 5. The highest BCUT2D eigenvalue weighted by atomic mass is 19.1. The highest BCUT2D eigenvalue weighted by Crippen LogP contribution is 2.33. The summed E-state index contributed by atoms with van der Waals surface area (Å²) < 4.78 is 14.2. The van der Waals surface area contributed by atoms with E-state index in [9.17, 15) is 9.50 Å². The first-order valence-corrected chi connectivity index (χ1v) is 8.91. The second-order valence-electron chi connectivity index (χ2n) is 6.85. The Hall–Kier alpha value is -2.76. The van der Waals surface area contributed by atoms with Gasteiger partial charge in [0.1, 0.15) is 11.9 Å². The molecule has 0 bridgehead atoms. The van der Waals surface area contributed by atoms with Crippen molar-refractivity contribution in [3.63, 3.8) is 0 Å². The summed E-state index contributed by atoms with van der Waals surface area (Å²) in [4.78, 5) is 5.99. The van der Waals surface area contributed by atoms with Crippen molar-refractivity contribution in [3.8, 4) is 17.0 Å². The molecule has 4 rings (SSSR count). The summed E-state index contributed by atoms with van der Waals surface area (Å²) in [6.45, 7) is 0. The van der Waals surface area contributed by atoms with Crippen LogP contribution in [0.2, 0.25) is 0 Å². The molecule has 0 radical (unpaired) electrons. The molecule has 2 atom stereocenters. The Kier molecular flexibility index (Phi) is 4.41. The fourth-order valence-electron chi connectivity index (χ4n) is 3.66. The van der Waals surface area contributed by atoms with Crippen LogP contribution in [-0.4, -0.2) is 39.5 Å². The largest absolute Gasteiger partial charge is 0.507 e. The third kappa shape index (κ3) is 3.07. The van der Waals surface area contributed by atoms with Crippen molar-refractivity contribution in [3.05, 3.63) is 42.7 Å². The van der Waals surface area contributed by atoms with Crippen molar-refractivity contribution in [1.82, 2.24) is 15.2 Å². The van der Waals surface area contributed by atoms with E-state index >= 15 is 0 Å². The molecule has 1 aliphatic rings. The zero-order valence-electron chi connectivity index (χ0n) is 14.6. The Balaban J connectivity index is 1.62. The van der Waals surface area contributed by atoms with Gasteiger partial charge in [-0.25, -0.2) is 4.39 Å². The van der Waals surface area contributed by atoms with Gasteiger partial charge in [-0.3, -0.25) is 4.98 Å². The second-order valence-corrected chi connectivity index (χ2v) is 6.85. The quantitative estimate of drug-likeness (QED) is 0.768. The van der Waals surface area contributed by atoms with E-state index in [2.05, 4.69) is 15.2 Å². The SMILES string of the molecule is CN(c1ccc(-c2cc3cnccc3cc2O)nn1)[C@@H]1CCCC[C@@H]1F. The lowest BCUT2D eigenvalue weighted by atomic mass is 9.92. The number of hydrogen-bond donors (Lipinski definition) is 1. The highest BCUT2D eigenvalue weighted by molar-refractivity contribution is 5.89. The van der Waals surface area contributed by atoms with Crippen molar-refractivity contribution in [2.24, 2.45) is 0 Å². The van der Waals surface area contributed by atoms with Crippen LogP contribution in [0.1, 0.15) is 25.7 Å². The summed E-state index contributed by atoms with van der Waals surface area (Å²) in [7, 11) is 1.87. The van der Waals surface area contributed by atoms with Crippen LogP contribution in [-0.2, 0) is 0 Å². The molecule has 134 valence electrons. The molecule has 0 unspecified atom stereocenters. The lowest BCUT2D eigenvalue weighted by Crippen LogP contribution is -2.41. The predicted molar refractivity (Wildman–Crippen MR) is 100.0 cm³/mol. The third-order valence-electron chi connectivity index (χ3n) is 5.19. The molecule has 0 saturated heterocycles. The monoisotopic (exact) mass is 352 g/mol. The topological polar surface area (TPSA) is 62.1 Å². The first-order valence-electron chi connectivity index (χ1n) is 8.91. The average Bonchev–Trinajstić information content (AvgIpc) is 2.67. The highest BCUT2D eigenvalue weighted by Gasteiger charge is 2.29. The standard InChI is InChI=1S/C20H21FN4O/c1-25(18-5-3-2-4-16(18)21)20-7-6-17(23-24-20)15-10-14-12-22-9-8-13(14)11-19(15)26/h6-12,16,18,26H,2-5H2,1H3/t16-,18+/m0/s1. The van der Waals surface area contributed by atoms with E-state index in [1.165, 1.54) is 0 Å². The van der Waals surface area contributed by atoms with E-state index < -0.39 is 6.17 Å². The summed E-state index contributed by atoms with van der Waals surface area (Å²) in [5, 5.41) is 20.7. The van der Waals surface area contributed by atoms with E-state index in [-0.39, 0.29) is 11.8 Å². The van der Waals surface area contributed by atoms with Crippen LogP contribution >= 0.6 is 0 Å². The third-order valence-corrected chi connectivity index (χ3v) is 5.19. The number of rotatable bonds is 3. The number of alkyl halides is 1.